The van der Waals surface area contributed by atoms with Crippen molar-refractivity contribution in [3.05, 3.63) is 93.0 Å². The van der Waals surface area contributed by atoms with E-state index in [9.17, 15) is 26.8 Å². The second kappa shape index (κ2) is 9.18. The van der Waals surface area contributed by atoms with Gasteiger partial charge in [-0.2, -0.15) is 0 Å². The van der Waals surface area contributed by atoms with Crippen molar-refractivity contribution in [1.82, 2.24) is 14.3 Å². The maximum absolute atomic E-state index is 14.6. The van der Waals surface area contributed by atoms with Crippen LogP contribution < -0.4 is 10.3 Å². The molecule has 36 heavy (non-hydrogen) atoms. The van der Waals surface area contributed by atoms with Gasteiger partial charge in [0, 0.05) is 38.8 Å². The molecule has 0 fully saturated rings. The lowest BCUT2D eigenvalue weighted by Gasteiger charge is -2.20. The third-order valence-electron chi connectivity index (χ3n) is 5.70. The van der Waals surface area contributed by atoms with Crippen LogP contribution in [0.15, 0.2) is 59.5 Å². The highest BCUT2D eigenvalue weighted by Gasteiger charge is 2.34. The van der Waals surface area contributed by atoms with Gasteiger partial charge in [-0.15, -0.1) is 0 Å². The van der Waals surface area contributed by atoms with Crippen LogP contribution in [-0.4, -0.2) is 28.6 Å². The number of fused-ring (bicyclic) bond motifs is 1. The van der Waals surface area contributed by atoms with Gasteiger partial charge in [-0.25, -0.2) is 21.9 Å². The summed E-state index contributed by atoms with van der Waals surface area (Å²) in [5.74, 6) is -2.45. The van der Waals surface area contributed by atoms with E-state index in [-0.39, 0.29) is 28.9 Å². The van der Waals surface area contributed by atoms with E-state index in [2.05, 4.69) is 9.71 Å². The number of pyridine rings is 1. The van der Waals surface area contributed by atoms with Crippen molar-refractivity contribution in [1.29, 1.82) is 0 Å². The molecule has 188 valence electrons. The smallest absolute Gasteiger partial charge is 0.282 e. The number of nitrogens with one attached hydrogen (secondary N) is 2. The summed E-state index contributed by atoms with van der Waals surface area (Å²) in [7, 11) is -4.16. The molecule has 2 N–H and O–H groups in total. The lowest BCUT2D eigenvalue weighted by molar-refractivity contribution is 0.0973. The van der Waals surface area contributed by atoms with E-state index in [0.717, 1.165) is 18.2 Å². The molecule has 1 amide bonds. The third-order valence-corrected chi connectivity index (χ3v) is 8.00. The Morgan fingerprint density at radius 2 is 1.83 bits per heavy atom. The van der Waals surface area contributed by atoms with Gasteiger partial charge in [0.2, 0.25) is 10.0 Å². The van der Waals surface area contributed by atoms with Crippen molar-refractivity contribution in [2.45, 2.75) is 32.1 Å². The maximum atomic E-state index is 14.6. The molecule has 11 heteroatoms. The molecule has 0 atom stereocenters. The topological polar surface area (TPSA) is 101 Å². The molecule has 0 aliphatic rings. The second-order valence-corrected chi connectivity index (χ2v) is 12.0. The van der Waals surface area contributed by atoms with Crippen molar-refractivity contribution < 1.29 is 22.0 Å². The minimum absolute atomic E-state index is 0.0709. The third kappa shape index (κ3) is 4.66. The first-order chi connectivity index (χ1) is 16.8. The van der Waals surface area contributed by atoms with E-state index >= 15 is 0 Å². The van der Waals surface area contributed by atoms with Crippen molar-refractivity contribution in [3.63, 3.8) is 0 Å². The first kappa shape index (κ1) is 25.6. The van der Waals surface area contributed by atoms with Crippen LogP contribution in [0.5, 0.6) is 0 Å². The van der Waals surface area contributed by atoms with Crippen molar-refractivity contribution in [2.24, 2.45) is 0 Å². The molecule has 0 unspecified atom stereocenters. The van der Waals surface area contributed by atoms with Gasteiger partial charge in [0.15, 0.2) is 0 Å². The Balaban J connectivity index is 2.08. The quantitative estimate of drug-likeness (QED) is 0.383. The number of benzene rings is 2. The van der Waals surface area contributed by atoms with Crippen molar-refractivity contribution >= 4 is 38.4 Å². The largest absolute Gasteiger partial charge is 0.331 e. The lowest BCUT2D eigenvalue weighted by atomic mass is 10.0. The Labute approximate surface area is 210 Å². The molecule has 0 saturated carbocycles. The Bertz CT molecular complexity index is 1670. The molecule has 0 spiro atoms. The first-order valence-corrected chi connectivity index (χ1v) is 12.7. The number of nitrogens with zero attached hydrogens (tertiary/aromatic N) is 1. The molecule has 4 aromatic rings. The van der Waals surface area contributed by atoms with E-state index in [1.54, 1.807) is 12.1 Å². The Kier molecular flexibility index (Phi) is 6.52. The van der Waals surface area contributed by atoms with Crippen LogP contribution in [0, 0.1) is 11.6 Å². The fourth-order valence-corrected chi connectivity index (χ4v) is 4.60. The fraction of sp³-hybridized carbons (Fsp3) is 0.200. The summed E-state index contributed by atoms with van der Waals surface area (Å²) in [6, 6.07) is 10.5. The van der Waals surface area contributed by atoms with Crippen LogP contribution in [0.25, 0.3) is 22.0 Å². The van der Waals surface area contributed by atoms with Gasteiger partial charge in [-0.1, -0.05) is 11.6 Å². The van der Waals surface area contributed by atoms with E-state index < -0.39 is 37.9 Å². The number of aromatic nitrogens is 2. The summed E-state index contributed by atoms with van der Waals surface area (Å²) < 4.78 is 56.4. The van der Waals surface area contributed by atoms with E-state index in [0.29, 0.717) is 15.9 Å². The summed E-state index contributed by atoms with van der Waals surface area (Å²) in [6.07, 6.45) is 1.41. The molecule has 4 rings (SSSR count). The number of aromatic amines is 1. The average Bonchev–Trinajstić information content (AvgIpc) is 3.08. The standard InChI is InChI=1S/C25H22ClF2N3O4S/c1-25(2,3)36(34,35)30-24(33)22-21(17-5-4-10-29-23(17)32)18-12-15(26)6-9-20(18)31(22)13-14-11-16(27)7-8-19(14)28/h4-12H,13H2,1-3H3,(H,29,32)(H,30,33). The zero-order valence-electron chi connectivity index (χ0n) is 19.5. The summed E-state index contributed by atoms with van der Waals surface area (Å²) in [5.41, 5.74) is -0.307. The first-order valence-electron chi connectivity index (χ1n) is 10.8. The van der Waals surface area contributed by atoms with Gasteiger partial charge in [-0.05, 0) is 69.3 Å². The minimum atomic E-state index is -4.16. The van der Waals surface area contributed by atoms with Gasteiger partial charge in [-0.3, -0.25) is 9.59 Å². The lowest BCUT2D eigenvalue weighted by Crippen LogP contribution is -2.43. The molecule has 7 nitrogen and oxygen atoms in total. The van der Waals surface area contributed by atoms with Gasteiger partial charge < -0.3 is 9.55 Å². The summed E-state index contributed by atoms with van der Waals surface area (Å²) >= 11 is 6.23. The SMILES string of the molecule is CC(C)(C)S(=O)(=O)NC(=O)c1c(-c2ccc[nH]c2=O)c2cc(Cl)ccc2n1Cc1cc(F)ccc1F. The highest BCUT2D eigenvalue weighted by molar-refractivity contribution is 7.91. The number of hydrogen-bond donors (Lipinski definition) is 2. The zero-order chi connectivity index (χ0) is 26.4. The molecular formula is C25H22ClF2N3O4S. The average molecular weight is 534 g/mol. The van der Waals surface area contributed by atoms with Crippen LogP contribution in [-0.2, 0) is 16.6 Å². The number of sulfonamides is 1. The monoisotopic (exact) mass is 533 g/mol. The number of amides is 1. The van der Waals surface area contributed by atoms with E-state index in [1.165, 1.54) is 49.7 Å². The number of carbonyl (C=O) groups is 1. The van der Waals surface area contributed by atoms with Crippen molar-refractivity contribution in [3.8, 4) is 11.1 Å². The second-order valence-electron chi connectivity index (χ2n) is 9.17. The van der Waals surface area contributed by atoms with Crippen molar-refractivity contribution in [2.75, 3.05) is 0 Å². The highest BCUT2D eigenvalue weighted by atomic mass is 35.5. The van der Waals surface area contributed by atoms with Crippen LogP contribution in [0.4, 0.5) is 8.78 Å². The normalized spacial score (nSPS) is 12.2. The van der Waals surface area contributed by atoms with E-state index in [1.807, 2.05) is 0 Å². The summed E-state index contributed by atoms with van der Waals surface area (Å²) in [6.45, 7) is 3.93. The fourth-order valence-electron chi connectivity index (χ4n) is 3.78. The Morgan fingerprint density at radius 3 is 2.50 bits per heavy atom. The predicted molar refractivity (Wildman–Crippen MR) is 135 cm³/mol. The molecule has 0 radical (unpaired) electrons. The molecule has 0 bridgehead atoms. The Hall–Kier alpha value is -3.50. The highest BCUT2D eigenvalue weighted by Crippen LogP contribution is 2.36. The number of rotatable bonds is 5. The molecule has 2 aromatic heterocycles. The van der Waals surface area contributed by atoms with E-state index in [4.69, 9.17) is 11.6 Å². The number of carbonyl (C=O) groups excluding carboxylic acids is 1. The molecule has 2 heterocycles. The van der Waals surface area contributed by atoms with Crippen LogP contribution in [0.1, 0.15) is 36.8 Å². The van der Waals surface area contributed by atoms with Gasteiger partial charge >= 0.3 is 0 Å². The number of halogens is 3. The van der Waals surface area contributed by atoms with Crippen LogP contribution in [0.3, 0.4) is 0 Å². The Morgan fingerprint density at radius 1 is 1.11 bits per heavy atom. The van der Waals surface area contributed by atoms with Gasteiger partial charge in [0.25, 0.3) is 11.5 Å². The minimum Gasteiger partial charge on any atom is -0.331 e. The van der Waals surface area contributed by atoms with Crippen LogP contribution in [0.2, 0.25) is 5.02 Å². The number of H-pyrrole nitrogens is 1. The van der Waals surface area contributed by atoms with Crippen LogP contribution >= 0.6 is 11.6 Å². The molecule has 0 saturated heterocycles. The molecule has 2 aromatic carbocycles. The summed E-state index contributed by atoms with van der Waals surface area (Å²) in [5, 5.41) is 0.647. The predicted octanol–water partition coefficient (Wildman–Crippen LogP) is 4.83. The summed E-state index contributed by atoms with van der Waals surface area (Å²) in [4.78, 5) is 28.9. The zero-order valence-corrected chi connectivity index (χ0v) is 21.1. The maximum Gasteiger partial charge on any atom is 0.282 e. The molecule has 0 aliphatic heterocycles. The number of hydrogen-bond acceptors (Lipinski definition) is 4. The van der Waals surface area contributed by atoms with Gasteiger partial charge in [0.05, 0.1) is 11.3 Å². The van der Waals surface area contributed by atoms with Gasteiger partial charge in [0.1, 0.15) is 17.3 Å². The molecular weight excluding hydrogens is 512 g/mol. The molecule has 0 aliphatic carbocycles.